The molecule has 1 nitrogen and oxygen atoms in total. The second kappa shape index (κ2) is 6.33. The maximum absolute atomic E-state index is 13.8. The van der Waals surface area contributed by atoms with Gasteiger partial charge in [0.25, 0.3) is 0 Å². The molecular formula is C16H16ClF2N. The van der Waals surface area contributed by atoms with E-state index < -0.39 is 11.6 Å². The van der Waals surface area contributed by atoms with Crippen LogP contribution in [0.5, 0.6) is 0 Å². The second-order valence-corrected chi connectivity index (χ2v) is 5.35. The van der Waals surface area contributed by atoms with E-state index in [0.29, 0.717) is 23.2 Å². The van der Waals surface area contributed by atoms with Crippen molar-refractivity contribution in [2.75, 3.05) is 0 Å². The number of hydrogen-bond acceptors (Lipinski definition) is 1. The average molecular weight is 296 g/mol. The number of nitrogens with one attached hydrogen (secondary N) is 1. The van der Waals surface area contributed by atoms with Crippen LogP contribution in [0.25, 0.3) is 11.1 Å². The zero-order valence-electron chi connectivity index (χ0n) is 11.4. The first-order valence-corrected chi connectivity index (χ1v) is 6.83. The standard InChI is InChI=1S/C16H16ClF2N/c1-10(2)20-9-11-6-7-12(13(17)8-11)16-14(18)4-3-5-15(16)19/h3-8,10,20H,9H2,1-2H3. The Morgan fingerprint density at radius 2 is 1.75 bits per heavy atom. The van der Waals surface area contributed by atoms with E-state index >= 15 is 0 Å². The molecule has 2 aromatic carbocycles. The van der Waals surface area contributed by atoms with Gasteiger partial charge >= 0.3 is 0 Å². The molecule has 0 aromatic heterocycles. The predicted octanol–water partition coefficient (Wildman–Crippen LogP) is 4.78. The molecule has 0 spiro atoms. The van der Waals surface area contributed by atoms with Gasteiger partial charge in [0.15, 0.2) is 0 Å². The lowest BCUT2D eigenvalue weighted by Crippen LogP contribution is -2.21. The molecule has 0 aliphatic rings. The molecule has 0 amide bonds. The predicted molar refractivity (Wildman–Crippen MR) is 78.8 cm³/mol. The molecule has 2 rings (SSSR count). The van der Waals surface area contributed by atoms with Crippen molar-refractivity contribution >= 4 is 11.6 Å². The van der Waals surface area contributed by atoms with Crippen molar-refractivity contribution in [1.29, 1.82) is 0 Å². The molecule has 0 saturated carbocycles. The van der Waals surface area contributed by atoms with Crippen LogP contribution < -0.4 is 5.32 Å². The molecule has 0 atom stereocenters. The quantitative estimate of drug-likeness (QED) is 0.855. The Balaban J connectivity index is 2.35. The van der Waals surface area contributed by atoms with Crippen LogP contribution in [0.2, 0.25) is 5.02 Å². The van der Waals surface area contributed by atoms with Crippen LogP contribution in [0.3, 0.4) is 0 Å². The molecule has 1 N–H and O–H groups in total. The van der Waals surface area contributed by atoms with E-state index in [1.54, 1.807) is 12.1 Å². The smallest absolute Gasteiger partial charge is 0.134 e. The van der Waals surface area contributed by atoms with E-state index in [9.17, 15) is 8.78 Å². The highest BCUT2D eigenvalue weighted by Crippen LogP contribution is 2.32. The third kappa shape index (κ3) is 3.35. The lowest BCUT2D eigenvalue weighted by molar-refractivity contribution is 0.588. The molecule has 106 valence electrons. The Labute approximate surface area is 122 Å². The maximum Gasteiger partial charge on any atom is 0.134 e. The van der Waals surface area contributed by atoms with Crippen LogP contribution in [0.1, 0.15) is 19.4 Å². The fourth-order valence-corrected chi connectivity index (χ4v) is 2.25. The summed E-state index contributed by atoms with van der Waals surface area (Å²) in [5.74, 6) is -1.22. The van der Waals surface area contributed by atoms with E-state index in [0.717, 1.165) is 5.56 Å². The van der Waals surface area contributed by atoms with Gasteiger partial charge in [-0.2, -0.15) is 0 Å². The number of rotatable bonds is 4. The van der Waals surface area contributed by atoms with Crippen molar-refractivity contribution in [3.8, 4) is 11.1 Å². The molecule has 0 bridgehead atoms. The van der Waals surface area contributed by atoms with E-state index in [1.165, 1.54) is 18.2 Å². The maximum atomic E-state index is 13.8. The zero-order valence-corrected chi connectivity index (χ0v) is 12.1. The van der Waals surface area contributed by atoms with Gasteiger partial charge in [0.2, 0.25) is 0 Å². The minimum Gasteiger partial charge on any atom is -0.310 e. The van der Waals surface area contributed by atoms with E-state index in [-0.39, 0.29) is 5.56 Å². The highest BCUT2D eigenvalue weighted by Gasteiger charge is 2.14. The van der Waals surface area contributed by atoms with Crippen LogP contribution in [-0.4, -0.2) is 6.04 Å². The summed E-state index contributed by atoms with van der Waals surface area (Å²) < 4.78 is 27.5. The highest BCUT2D eigenvalue weighted by atomic mass is 35.5. The molecule has 20 heavy (non-hydrogen) atoms. The number of benzene rings is 2. The average Bonchev–Trinajstić information content (AvgIpc) is 2.38. The molecule has 4 heteroatoms. The van der Waals surface area contributed by atoms with Crippen molar-refractivity contribution in [2.45, 2.75) is 26.4 Å². The number of halogens is 3. The molecular weight excluding hydrogens is 280 g/mol. The first kappa shape index (κ1) is 14.9. The molecule has 0 unspecified atom stereocenters. The van der Waals surface area contributed by atoms with Crippen molar-refractivity contribution in [3.05, 3.63) is 58.6 Å². The first-order chi connectivity index (χ1) is 9.49. The van der Waals surface area contributed by atoms with E-state index in [2.05, 4.69) is 5.32 Å². The molecule has 0 fully saturated rings. The SMILES string of the molecule is CC(C)NCc1ccc(-c2c(F)cccc2F)c(Cl)c1. The normalized spacial score (nSPS) is 11.1. The van der Waals surface area contributed by atoms with Crippen LogP contribution >= 0.6 is 11.6 Å². The number of hydrogen-bond donors (Lipinski definition) is 1. The van der Waals surface area contributed by atoms with E-state index in [1.807, 2.05) is 19.9 Å². The van der Waals surface area contributed by atoms with E-state index in [4.69, 9.17) is 11.6 Å². The Morgan fingerprint density at radius 1 is 1.10 bits per heavy atom. The van der Waals surface area contributed by atoms with Crippen LogP contribution in [-0.2, 0) is 6.54 Å². The summed E-state index contributed by atoms with van der Waals surface area (Å²) in [7, 11) is 0. The fraction of sp³-hybridized carbons (Fsp3) is 0.250. The molecule has 0 saturated heterocycles. The summed E-state index contributed by atoms with van der Waals surface area (Å²) in [4.78, 5) is 0. The Hall–Kier alpha value is -1.45. The third-order valence-corrected chi connectivity index (χ3v) is 3.29. The largest absolute Gasteiger partial charge is 0.310 e. The first-order valence-electron chi connectivity index (χ1n) is 6.45. The van der Waals surface area contributed by atoms with Crippen LogP contribution in [0.4, 0.5) is 8.78 Å². The summed E-state index contributed by atoms with van der Waals surface area (Å²) in [6.45, 7) is 4.76. The molecule has 0 aliphatic carbocycles. The Bertz CT molecular complexity index is 591. The van der Waals surface area contributed by atoms with Gasteiger partial charge < -0.3 is 5.32 Å². The highest BCUT2D eigenvalue weighted by molar-refractivity contribution is 6.33. The summed E-state index contributed by atoms with van der Waals surface area (Å²) in [5, 5.41) is 3.61. The minimum atomic E-state index is -0.611. The van der Waals surface area contributed by atoms with Crippen molar-refractivity contribution in [1.82, 2.24) is 5.32 Å². The molecule has 0 radical (unpaired) electrons. The minimum absolute atomic E-state index is 0.0825. The van der Waals surface area contributed by atoms with Crippen LogP contribution in [0.15, 0.2) is 36.4 Å². The Kier molecular flexibility index (Phi) is 4.73. The summed E-state index contributed by atoms with van der Waals surface area (Å²) in [5.41, 5.74) is 1.26. The summed E-state index contributed by atoms with van der Waals surface area (Å²) in [6, 6.07) is 9.36. The van der Waals surface area contributed by atoms with Crippen LogP contribution in [0, 0.1) is 11.6 Å². The second-order valence-electron chi connectivity index (χ2n) is 4.95. The van der Waals surface area contributed by atoms with Crippen molar-refractivity contribution < 1.29 is 8.78 Å². The molecule has 0 aliphatic heterocycles. The van der Waals surface area contributed by atoms with Gasteiger partial charge in [-0.05, 0) is 23.8 Å². The summed E-state index contributed by atoms with van der Waals surface area (Å²) in [6.07, 6.45) is 0. The lowest BCUT2D eigenvalue weighted by atomic mass is 10.0. The van der Waals surface area contributed by atoms with Gasteiger partial charge in [0.1, 0.15) is 11.6 Å². The van der Waals surface area contributed by atoms with Gasteiger partial charge in [0, 0.05) is 23.2 Å². The van der Waals surface area contributed by atoms with Gasteiger partial charge in [-0.1, -0.05) is 43.6 Å². The van der Waals surface area contributed by atoms with Gasteiger partial charge in [-0.15, -0.1) is 0 Å². The molecule has 2 aromatic rings. The van der Waals surface area contributed by atoms with Crippen molar-refractivity contribution in [2.24, 2.45) is 0 Å². The monoisotopic (exact) mass is 295 g/mol. The van der Waals surface area contributed by atoms with Gasteiger partial charge in [-0.3, -0.25) is 0 Å². The Morgan fingerprint density at radius 3 is 2.30 bits per heavy atom. The zero-order chi connectivity index (χ0) is 14.7. The van der Waals surface area contributed by atoms with Crippen molar-refractivity contribution in [3.63, 3.8) is 0 Å². The van der Waals surface area contributed by atoms with Gasteiger partial charge in [0.05, 0.1) is 5.56 Å². The van der Waals surface area contributed by atoms with Gasteiger partial charge in [-0.25, -0.2) is 8.78 Å². The molecule has 0 heterocycles. The topological polar surface area (TPSA) is 12.0 Å². The lowest BCUT2D eigenvalue weighted by Gasteiger charge is -2.11. The third-order valence-electron chi connectivity index (χ3n) is 2.98. The fourth-order valence-electron chi connectivity index (χ4n) is 1.95. The summed E-state index contributed by atoms with van der Waals surface area (Å²) >= 11 is 6.16.